The van der Waals surface area contributed by atoms with E-state index in [1.54, 1.807) is 47.1 Å². The van der Waals surface area contributed by atoms with Crippen molar-refractivity contribution in [3.05, 3.63) is 52.5 Å². The summed E-state index contributed by atoms with van der Waals surface area (Å²) in [6.07, 6.45) is 0. The van der Waals surface area contributed by atoms with E-state index in [9.17, 15) is 4.79 Å². The lowest BCUT2D eigenvalue weighted by Gasteiger charge is -2.08. The Bertz CT molecular complexity index is 1010. The Labute approximate surface area is 188 Å². The molecule has 0 fully saturated rings. The van der Waals surface area contributed by atoms with E-state index in [1.807, 2.05) is 6.92 Å². The highest BCUT2D eigenvalue weighted by molar-refractivity contribution is 6.42. The number of amides is 1. The first-order chi connectivity index (χ1) is 14.5. The number of nitrogens with one attached hydrogen (secondary N) is 1. The molecule has 3 rings (SSSR count). The van der Waals surface area contributed by atoms with E-state index in [-0.39, 0.29) is 17.8 Å². The smallest absolute Gasteiger partial charge is 0.336 e. The number of nitrogens with zero attached hydrogens (tertiary/aromatic N) is 3. The van der Waals surface area contributed by atoms with Gasteiger partial charge in [-0.05, 0) is 49.4 Å². The van der Waals surface area contributed by atoms with Crippen LogP contribution in [0.15, 0.2) is 42.5 Å². The molecule has 1 N–H and O–H groups in total. The molecule has 3 aromatic rings. The van der Waals surface area contributed by atoms with E-state index in [1.165, 1.54) is 0 Å². The van der Waals surface area contributed by atoms with Crippen LogP contribution >= 0.6 is 34.8 Å². The molecule has 0 bridgehead atoms. The Kier molecular flexibility index (Phi) is 7.93. The lowest BCUT2D eigenvalue weighted by Crippen LogP contribution is -2.12. The topological polar surface area (TPSA) is 78.3 Å². The minimum absolute atomic E-state index is 0.116. The summed E-state index contributed by atoms with van der Waals surface area (Å²) in [7, 11) is 0. The third-order valence-electron chi connectivity index (χ3n) is 3.95. The zero-order chi connectivity index (χ0) is 21.5. The number of carbonyl (C=O) groups excluding carboxylic acids is 1. The largest absolute Gasteiger partial charge is 0.460 e. The van der Waals surface area contributed by atoms with Crippen LogP contribution in [-0.4, -0.2) is 46.4 Å². The molecule has 1 amide bonds. The van der Waals surface area contributed by atoms with Crippen LogP contribution in [0.4, 0.5) is 5.69 Å². The van der Waals surface area contributed by atoms with Crippen LogP contribution in [0.5, 0.6) is 6.01 Å². The second-order valence-electron chi connectivity index (χ2n) is 6.03. The summed E-state index contributed by atoms with van der Waals surface area (Å²) in [6, 6.07) is 12.5. The quantitative estimate of drug-likeness (QED) is 0.358. The summed E-state index contributed by atoms with van der Waals surface area (Å²) in [5.41, 5.74) is 2.05. The minimum Gasteiger partial charge on any atom is -0.460 e. The molecule has 158 valence electrons. The van der Waals surface area contributed by atoms with Gasteiger partial charge in [0.2, 0.25) is 5.91 Å². The Morgan fingerprint density at radius 3 is 2.53 bits per heavy atom. The van der Waals surface area contributed by atoms with Gasteiger partial charge in [-0.3, -0.25) is 4.79 Å². The van der Waals surface area contributed by atoms with E-state index in [4.69, 9.17) is 44.3 Å². The van der Waals surface area contributed by atoms with Crippen LogP contribution in [-0.2, 0) is 9.53 Å². The van der Waals surface area contributed by atoms with E-state index in [0.29, 0.717) is 47.1 Å². The molecule has 0 aliphatic rings. The van der Waals surface area contributed by atoms with Gasteiger partial charge in [-0.25, -0.2) is 4.68 Å². The van der Waals surface area contributed by atoms with Crippen molar-refractivity contribution in [1.29, 1.82) is 0 Å². The fourth-order valence-corrected chi connectivity index (χ4v) is 2.94. The summed E-state index contributed by atoms with van der Waals surface area (Å²) < 4.78 is 12.5. The second kappa shape index (κ2) is 10.6. The number of alkyl halides is 1. The Balaban J connectivity index is 1.93. The van der Waals surface area contributed by atoms with Gasteiger partial charge < -0.3 is 14.8 Å². The van der Waals surface area contributed by atoms with E-state index in [0.717, 1.165) is 5.56 Å². The monoisotopic (exact) mass is 468 g/mol. The predicted octanol–water partition coefficient (Wildman–Crippen LogP) is 4.83. The fraction of sp³-hybridized carbons (Fsp3) is 0.250. The third kappa shape index (κ3) is 5.64. The van der Waals surface area contributed by atoms with Crippen molar-refractivity contribution < 1.29 is 14.3 Å². The highest BCUT2D eigenvalue weighted by Crippen LogP contribution is 2.30. The van der Waals surface area contributed by atoms with Gasteiger partial charge in [-0.1, -0.05) is 23.2 Å². The van der Waals surface area contributed by atoms with E-state index in [2.05, 4.69) is 15.4 Å². The van der Waals surface area contributed by atoms with Gasteiger partial charge in [-0.2, -0.15) is 4.98 Å². The molecular formula is C20H19Cl3N4O3. The molecule has 0 saturated heterocycles. The number of anilines is 1. The molecule has 30 heavy (non-hydrogen) atoms. The zero-order valence-electron chi connectivity index (χ0n) is 16.1. The van der Waals surface area contributed by atoms with Gasteiger partial charge in [0.25, 0.3) is 0 Å². The highest BCUT2D eigenvalue weighted by Gasteiger charge is 2.16. The highest BCUT2D eigenvalue weighted by atomic mass is 35.5. The number of aromatic nitrogens is 3. The van der Waals surface area contributed by atoms with Crippen LogP contribution < -0.4 is 10.1 Å². The third-order valence-corrected chi connectivity index (χ3v) is 4.93. The number of halogens is 3. The van der Waals surface area contributed by atoms with Gasteiger partial charge in [-0.15, -0.1) is 16.7 Å². The number of hydrogen-bond donors (Lipinski definition) is 1. The number of rotatable bonds is 9. The molecule has 7 nitrogen and oxygen atoms in total. The first-order valence-electron chi connectivity index (χ1n) is 9.11. The Hall–Kier alpha value is -2.32. The van der Waals surface area contributed by atoms with Crippen LogP contribution in [0.1, 0.15) is 6.92 Å². The van der Waals surface area contributed by atoms with E-state index < -0.39 is 0 Å². The Morgan fingerprint density at radius 1 is 1.10 bits per heavy atom. The van der Waals surface area contributed by atoms with Crippen molar-refractivity contribution in [2.45, 2.75) is 6.92 Å². The van der Waals surface area contributed by atoms with Gasteiger partial charge in [0.05, 0.1) is 22.3 Å². The van der Waals surface area contributed by atoms with Gasteiger partial charge in [0.15, 0.2) is 5.82 Å². The Morgan fingerprint density at radius 2 is 1.87 bits per heavy atom. The molecule has 1 heterocycles. The SMILES string of the molecule is CCOCCOc1nc(-c2ccc(Cl)c(Cl)c2)n(-c2ccc(NC(=O)CCl)cc2)n1. The predicted molar refractivity (Wildman–Crippen MR) is 118 cm³/mol. The molecule has 2 aromatic carbocycles. The average molecular weight is 470 g/mol. The maximum atomic E-state index is 11.5. The summed E-state index contributed by atoms with van der Waals surface area (Å²) in [6.45, 7) is 3.27. The summed E-state index contributed by atoms with van der Waals surface area (Å²) in [5, 5.41) is 7.99. The van der Waals surface area contributed by atoms with Gasteiger partial charge in [0, 0.05) is 17.9 Å². The normalized spacial score (nSPS) is 10.8. The molecule has 1 aromatic heterocycles. The first-order valence-corrected chi connectivity index (χ1v) is 10.4. The number of benzene rings is 2. The van der Waals surface area contributed by atoms with Crippen molar-refractivity contribution in [3.63, 3.8) is 0 Å². The summed E-state index contributed by atoms with van der Waals surface area (Å²) >= 11 is 17.8. The molecule has 0 spiro atoms. The molecule has 0 atom stereocenters. The summed E-state index contributed by atoms with van der Waals surface area (Å²) in [5.74, 6) is 0.124. The van der Waals surface area contributed by atoms with Crippen LogP contribution in [0.25, 0.3) is 17.1 Å². The first kappa shape index (κ1) is 22.4. The molecular weight excluding hydrogens is 451 g/mol. The number of hydrogen-bond acceptors (Lipinski definition) is 5. The molecule has 10 heteroatoms. The molecule has 0 radical (unpaired) electrons. The summed E-state index contributed by atoms with van der Waals surface area (Å²) in [4.78, 5) is 16.0. The minimum atomic E-state index is -0.286. The number of ether oxygens (including phenoxy) is 2. The molecule has 0 saturated carbocycles. The van der Waals surface area contributed by atoms with Gasteiger partial charge >= 0.3 is 6.01 Å². The molecule has 0 aliphatic carbocycles. The lowest BCUT2D eigenvalue weighted by molar-refractivity contribution is -0.113. The van der Waals surface area contributed by atoms with Crippen molar-refractivity contribution in [2.75, 3.05) is 31.0 Å². The fourth-order valence-electron chi connectivity index (χ4n) is 2.57. The van der Waals surface area contributed by atoms with Crippen molar-refractivity contribution in [1.82, 2.24) is 14.8 Å². The standard InChI is InChI=1S/C20H19Cl3N4O3/c1-2-29-9-10-30-20-25-19(13-3-8-16(22)17(23)11-13)27(26-20)15-6-4-14(5-7-15)24-18(28)12-21/h3-8,11H,2,9-10,12H2,1H3,(H,24,28). The maximum absolute atomic E-state index is 11.5. The van der Waals surface area contributed by atoms with Gasteiger partial charge in [0.1, 0.15) is 12.5 Å². The van der Waals surface area contributed by atoms with Crippen LogP contribution in [0, 0.1) is 0 Å². The van der Waals surface area contributed by atoms with E-state index >= 15 is 0 Å². The van der Waals surface area contributed by atoms with Crippen molar-refractivity contribution in [3.8, 4) is 23.1 Å². The second-order valence-corrected chi connectivity index (χ2v) is 7.11. The molecule has 0 aliphatic heterocycles. The van der Waals surface area contributed by atoms with Crippen molar-refractivity contribution in [2.24, 2.45) is 0 Å². The lowest BCUT2D eigenvalue weighted by atomic mass is 10.2. The van der Waals surface area contributed by atoms with Crippen LogP contribution in [0.2, 0.25) is 10.0 Å². The number of carbonyl (C=O) groups is 1. The molecule has 0 unspecified atom stereocenters. The average Bonchev–Trinajstić information content (AvgIpc) is 3.18. The van der Waals surface area contributed by atoms with Crippen LogP contribution in [0.3, 0.4) is 0 Å². The maximum Gasteiger partial charge on any atom is 0.336 e. The zero-order valence-corrected chi connectivity index (χ0v) is 18.3. The van der Waals surface area contributed by atoms with Crippen molar-refractivity contribution >= 4 is 46.4 Å².